The standard InChI is InChI=1S/C30H31F3N4O5/c31-30(32,33)42-25-9-7-22(8-10-25)21-37-28(41)36(16-4-15-34-13-1-2-14-34)27(40)29(37)11-17-35(18-12-29)24-6-3-5-23(19-24)20-26(38)39/h1-3,5-10,13-14,19H,4,11-12,15-18,20-21H2,(H,38,39). The number of nitrogens with zero attached hydrogens (tertiary/aromatic N) is 4. The van der Waals surface area contributed by atoms with E-state index in [0.717, 1.165) is 5.69 Å². The van der Waals surface area contributed by atoms with Gasteiger partial charge in [0.05, 0.1) is 6.42 Å². The van der Waals surface area contributed by atoms with Gasteiger partial charge in [-0.1, -0.05) is 24.3 Å². The van der Waals surface area contributed by atoms with Gasteiger partial charge in [-0.25, -0.2) is 4.79 Å². The van der Waals surface area contributed by atoms with Crippen molar-refractivity contribution in [2.24, 2.45) is 0 Å². The molecule has 0 saturated carbocycles. The maximum Gasteiger partial charge on any atom is 0.573 e. The molecule has 0 unspecified atom stereocenters. The molecule has 0 radical (unpaired) electrons. The second-order valence-corrected chi connectivity index (χ2v) is 10.6. The van der Waals surface area contributed by atoms with E-state index in [-0.39, 0.29) is 31.2 Å². The Morgan fingerprint density at radius 1 is 0.929 bits per heavy atom. The Morgan fingerprint density at radius 3 is 2.26 bits per heavy atom. The van der Waals surface area contributed by atoms with Crippen molar-refractivity contribution in [3.8, 4) is 5.75 Å². The monoisotopic (exact) mass is 584 g/mol. The third-order valence-electron chi connectivity index (χ3n) is 7.81. The lowest BCUT2D eigenvalue weighted by Gasteiger charge is -2.43. The number of anilines is 1. The number of ether oxygens (including phenoxy) is 1. The summed E-state index contributed by atoms with van der Waals surface area (Å²) in [4.78, 5) is 43.8. The molecule has 3 amide bonds. The molecule has 222 valence electrons. The van der Waals surface area contributed by atoms with Crippen molar-refractivity contribution in [3.05, 3.63) is 84.2 Å². The molecule has 1 aromatic heterocycles. The van der Waals surface area contributed by atoms with Gasteiger partial charge >= 0.3 is 18.4 Å². The number of aromatic nitrogens is 1. The van der Waals surface area contributed by atoms with E-state index >= 15 is 0 Å². The highest BCUT2D eigenvalue weighted by atomic mass is 19.4. The molecule has 2 saturated heterocycles. The average Bonchev–Trinajstić information content (AvgIpc) is 3.52. The Balaban J connectivity index is 1.35. The fourth-order valence-electron chi connectivity index (χ4n) is 5.76. The predicted molar refractivity (Wildman–Crippen MR) is 147 cm³/mol. The summed E-state index contributed by atoms with van der Waals surface area (Å²) < 4.78 is 43.8. The van der Waals surface area contributed by atoms with Crippen molar-refractivity contribution in [2.75, 3.05) is 24.5 Å². The lowest BCUT2D eigenvalue weighted by atomic mass is 9.85. The number of carbonyl (C=O) groups is 3. The smallest absolute Gasteiger partial charge is 0.481 e. The first-order chi connectivity index (χ1) is 20.0. The highest BCUT2D eigenvalue weighted by Gasteiger charge is 2.57. The first-order valence-corrected chi connectivity index (χ1v) is 13.7. The maximum absolute atomic E-state index is 13.9. The number of rotatable bonds is 10. The van der Waals surface area contributed by atoms with Gasteiger partial charge in [-0.15, -0.1) is 13.2 Å². The molecular formula is C30H31F3N4O5. The summed E-state index contributed by atoms with van der Waals surface area (Å²) in [6, 6.07) is 16.0. The molecule has 0 aliphatic carbocycles. The number of alkyl halides is 3. The summed E-state index contributed by atoms with van der Waals surface area (Å²) in [7, 11) is 0. The molecule has 0 atom stereocenters. The summed E-state index contributed by atoms with van der Waals surface area (Å²) in [5.74, 6) is -1.56. The van der Waals surface area contributed by atoms with Crippen LogP contribution in [0, 0.1) is 0 Å². The van der Waals surface area contributed by atoms with E-state index in [4.69, 9.17) is 5.11 Å². The highest BCUT2D eigenvalue weighted by molar-refractivity contribution is 6.07. The number of imide groups is 1. The SMILES string of the molecule is O=C(O)Cc1cccc(N2CCC3(CC2)C(=O)N(CCCn2cccc2)C(=O)N3Cc2ccc(OC(F)(F)F)cc2)c1. The van der Waals surface area contributed by atoms with Gasteiger partial charge in [0.1, 0.15) is 11.3 Å². The largest absolute Gasteiger partial charge is 0.573 e. The zero-order valence-electron chi connectivity index (χ0n) is 22.8. The van der Waals surface area contributed by atoms with Crippen LogP contribution in [0.1, 0.15) is 30.4 Å². The first-order valence-electron chi connectivity index (χ1n) is 13.7. The van der Waals surface area contributed by atoms with E-state index < -0.39 is 23.9 Å². The second kappa shape index (κ2) is 11.8. The molecule has 0 bridgehead atoms. The van der Waals surface area contributed by atoms with Crippen LogP contribution in [0.25, 0.3) is 0 Å². The molecule has 3 heterocycles. The number of hydrogen-bond donors (Lipinski definition) is 1. The van der Waals surface area contributed by atoms with Gasteiger partial charge in [0.15, 0.2) is 0 Å². The summed E-state index contributed by atoms with van der Waals surface area (Å²) >= 11 is 0. The third kappa shape index (κ3) is 6.37. The van der Waals surface area contributed by atoms with E-state index in [1.165, 1.54) is 29.2 Å². The normalized spacial score (nSPS) is 16.9. The van der Waals surface area contributed by atoms with Gasteiger partial charge in [-0.3, -0.25) is 14.5 Å². The number of piperidine rings is 1. The molecule has 2 aliphatic rings. The summed E-state index contributed by atoms with van der Waals surface area (Å²) in [6.45, 7) is 1.86. The minimum Gasteiger partial charge on any atom is -0.481 e. The second-order valence-electron chi connectivity index (χ2n) is 10.6. The van der Waals surface area contributed by atoms with Crippen LogP contribution in [-0.2, 0) is 29.1 Å². The molecular weight excluding hydrogens is 553 g/mol. The fourth-order valence-corrected chi connectivity index (χ4v) is 5.76. The minimum absolute atomic E-state index is 0.0546. The van der Waals surface area contributed by atoms with Crippen molar-refractivity contribution in [1.82, 2.24) is 14.4 Å². The van der Waals surface area contributed by atoms with Gasteiger partial charge in [0.2, 0.25) is 0 Å². The van der Waals surface area contributed by atoms with Crippen LogP contribution < -0.4 is 9.64 Å². The molecule has 2 aliphatic heterocycles. The van der Waals surface area contributed by atoms with Crippen molar-refractivity contribution in [2.45, 2.75) is 50.7 Å². The third-order valence-corrected chi connectivity index (χ3v) is 7.81. The Labute approximate surface area is 240 Å². The van der Waals surface area contributed by atoms with Crippen molar-refractivity contribution in [1.29, 1.82) is 0 Å². The summed E-state index contributed by atoms with van der Waals surface area (Å²) in [6.07, 6.45) is 0.183. The van der Waals surface area contributed by atoms with Gasteiger partial charge in [-0.05, 0) is 66.8 Å². The van der Waals surface area contributed by atoms with Gasteiger partial charge < -0.3 is 24.2 Å². The molecule has 1 N–H and O–H groups in total. The molecule has 1 spiro atoms. The number of amides is 3. The van der Waals surface area contributed by atoms with Crippen LogP contribution in [0.4, 0.5) is 23.7 Å². The predicted octanol–water partition coefficient (Wildman–Crippen LogP) is 4.91. The van der Waals surface area contributed by atoms with Crippen LogP contribution in [-0.4, -0.2) is 68.9 Å². The molecule has 12 heteroatoms. The van der Waals surface area contributed by atoms with Crippen molar-refractivity contribution < 1.29 is 37.4 Å². The topological polar surface area (TPSA) is 95.3 Å². The number of aliphatic carboxylic acids is 1. The van der Waals surface area contributed by atoms with Crippen LogP contribution in [0.5, 0.6) is 5.75 Å². The van der Waals surface area contributed by atoms with Gasteiger partial charge in [0, 0.05) is 50.8 Å². The summed E-state index contributed by atoms with van der Waals surface area (Å²) in [5.41, 5.74) is 0.987. The van der Waals surface area contributed by atoms with Crippen LogP contribution in [0.15, 0.2) is 73.1 Å². The number of carbonyl (C=O) groups excluding carboxylic acids is 2. The lowest BCUT2D eigenvalue weighted by Crippen LogP contribution is -2.56. The number of benzene rings is 2. The zero-order valence-corrected chi connectivity index (χ0v) is 22.8. The van der Waals surface area contributed by atoms with Crippen molar-refractivity contribution in [3.63, 3.8) is 0 Å². The first kappa shape index (κ1) is 29.0. The van der Waals surface area contributed by atoms with E-state index in [2.05, 4.69) is 9.64 Å². The minimum atomic E-state index is -4.81. The van der Waals surface area contributed by atoms with Crippen LogP contribution in [0.2, 0.25) is 0 Å². The highest BCUT2D eigenvalue weighted by Crippen LogP contribution is 2.40. The Hall–Kier alpha value is -4.48. The molecule has 3 aromatic rings. The molecule has 42 heavy (non-hydrogen) atoms. The Bertz CT molecular complexity index is 1420. The molecule has 2 aromatic carbocycles. The Kier molecular flexibility index (Phi) is 8.15. The Morgan fingerprint density at radius 2 is 1.62 bits per heavy atom. The van der Waals surface area contributed by atoms with Crippen LogP contribution in [0.3, 0.4) is 0 Å². The van der Waals surface area contributed by atoms with Gasteiger partial charge in [-0.2, -0.15) is 0 Å². The molecule has 5 rings (SSSR count). The molecule has 2 fully saturated rings. The number of halogens is 3. The van der Waals surface area contributed by atoms with Gasteiger partial charge in [0.25, 0.3) is 5.91 Å². The average molecular weight is 585 g/mol. The number of hydrogen-bond acceptors (Lipinski definition) is 5. The number of carboxylic acid groups (broad SMARTS) is 1. The number of urea groups is 1. The molecule has 9 nitrogen and oxygen atoms in total. The summed E-state index contributed by atoms with van der Waals surface area (Å²) in [5, 5.41) is 9.17. The van der Waals surface area contributed by atoms with Crippen molar-refractivity contribution >= 4 is 23.6 Å². The zero-order chi connectivity index (χ0) is 29.9. The van der Waals surface area contributed by atoms with E-state index in [1.54, 1.807) is 17.0 Å². The lowest BCUT2D eigenvalue weighted by molar-refractivity contribution is -0.274. The van der Waals surface area contributed by atoms with E-state index in [0.29, 0.717) is 50.0 Å². The number of carboxylic acids is 1. The van der Waals surface area contributed by atoms with E-state index in [9.17, 15) is 27.6 Å². The van der Waals surface area contributed by atoms with E-state index in [1.807, 2.05) is 41.2 Å². The maximum atomic E-state index is 13.9. The number of aryl methyl sites for hydroxylation is 1. The quantitative estimate of drug-likeness (QED) is 0.341. The van der Waals surface area contributed by atoms with Crippen LogP contribution >= 0.6 is 0 Å². The fraction of sp³-hybridized carbons (Fsp3) is 0.367.